The second-order valence-corrected chi connectivity index (χ2v) is 8.45. The van der Waals surface area contributed by atoms with Gasteiger partial charge < -0.3 is 14.2 Å². The number of benzene rings is 2. The van der Waals surface area contributed by atoms with Crippen LogP contribution in [0.15, 0.2) is 70.9 Å². The number of allylic oxidation sites excluding steroid dienone is 2. The van der Waals surface area contributed by atoms with Gasteiger partial charge in [-0.15, -0.1) is 0 Å². The second kappa shape index (κ2) is 9.63. The van der Waals surface area contributed by atoms with Crippen molar-refractivity contribution >= 4 is 23.4 Å². The number of Topliss-reactive ketones (excluding diaryl/α,β-unsaturated/α-hetero) is 1. The van der Waals surface area contributed by atoms with E-state index in [9.17, 15) is 14.4 Å². The van der Waals surface area contributed by atoms with Gasteiger partial charge in [-0.3, -0.25) is 19.4 Å². The summed E-state index contributed by atoms with van der Waals surface area (Å²) in [4.78, 5) is 44.5. The van der Waals surface area contributed by atoms with E-state index in [2.05, 4.69) is 0 Å². The highest BCUT2D eigenvalue weighted by atomic mass is 16.5. The Morgan fingerprint density at radius 1 is 0.853 bits per heavy atom. The Hall–Kier alpha value is -3.74. The maximum absolute atomic E-state index is 14.0. The lowest BCUT2D eigenvalue weighted by Gasteiger charge is -2.39. The zero-order valence-electron chi connectivity index (χ0n) is 19.6. The Morgan fingerprint density at radius 2 is 1.47 bits per heavy atom. The zero-order chi connectivity index (χ0) is 24.4. The highest BCUT2D eigenvalue weighted by molar-refractivity contribution is 6.14. The van der Waals surface area contributed by atoms with Crippen LogP contribution < -0.4 is 4.74 Å². The Labute approximate surface area is 198 Å². The lowest BCUT2D eigenvalue weighted by molar-refractivity contribution is -0.150. The standard InChI is InChI=1S/C27H27NO6/c1-15-21(26(30)33-3)22(17-8-6-5-7-9-17)24-20(28-15)14-19(23(25(24)29)27(31)34-4)16-10-12-18(32-2)13-11-16/h5-13,19,21-23H,14H2,1-4H3/t19-,21?,22+,23+/m1/s1. The third-order valence-corrected chi connectivity index (χ3v) is 6.69. The fourth-order valence-electron chi connectivity index (χ4n) is 5.07. The minimum Gasteiger partial charge on any atom is -0.497 e. The minimum atomic E-state index is -1.05. The van der Waals surface area contributed by atoms with E-state index in [1.165, 1.54) is 14.2 Å². The molecule has 0 N–H and O–H groups in total. The van der Waals surface area contributed by atoms with Gasteiger partial charge in [0.25, 0.3) is 0 Å². The molecule has 0 fully saturated rings. The summed E-state index contributed by atoms with van der Waals surface area (Å²) in [7, 11) is 4.18. The molecular formula is C27H27NO6. The molecule has 7 nitrogen and oxygen atoms in total. The van der Waals surface area contributed by atoms with E-state index in [4.69, 9.17) is 19.2 Å². The van der Waals surface area contributed by atoms with Crippen molar-refractivity contribution in [3.63, 3.8) is 0 Å². The Kier molecular flexibility index (Phi) is 6.63. The molecule has 4 atom stereocenters. The van der Waals surface area contributed by atoms with Gasteiger partial charge in [0.1, 0.15) is 17.6 Å². The highest BCUT2D eigenvalue weighted by Crippen LogP contribution is 2.49. The fourth-order valence-corrected chi connectivity index (χ4v) is 5.07. The number of aliphatic imine (C=N–C) groups is 1. The van der Waals surface area contributed by atoms with Gasteiger partial charge in [0, 0.05) is 28.8 Å². The fraction of sp³-hybridized carbons (Fsp3) is 0.333. The van der Waals surface area contributed by atoms with Gasteiger partial charge in [-0.2, -0.15) is 0 Å². The molecule has 0 saturated carbocycles. The molecule has 7 heteroatoms. The van der Waals surface area contributed by atoms with Crippen LogP contribution >= 0.6 is 0 Å². The maximum atomic E-state index is 14.0. The van der Waals surface area contributed by atoms with Crippen molar-refractivity contribution in [1.82, 2.24) is 0 Å². The molecule has 0 radical (unpaired) electrons. The predicted molar refractivity (Wildman–Crippen MR) is 126 cm³/mol. The molecular weight excluding hydrogens is 434 g/mol. The van der Waals surface area contributed by atoms with Crippen LogP contribution in [0.2, 0.25) is 0 Å². The van der Waals surface area contributed by atoms with E-state index in [-0.39, 0.29) is 5.78 Å². The van der Waals surface area contributed by atoms with Gasteiger partial charge in [0.15, 0.2) is 5.78 Å². The first-order valence-electron chi connectivity index (χ1n) is 11.1. The quantitative estimate of drug-likeness (QED) is 0.496. The van der Waals surface area contributed by atoms with Crippen molar-refractivity contribution in [1.29, 1.82) is 0 Å². The summed E-state index contributed by atoms with van der Waals surface area (Å²) in [6.45, 7) is 1.78. The summed E-state index contributed by atoms with van der Waals surface area (Å²) in [5, 5.41) is 0. The van der Waals surface area contributed by atoms with Crippen LogP contribution in [0, 0.1) is 11.8 Å². The molecule has 0 bridgehead atoms. The second-order valence-electron chi connectivity index (χ2n) is 8.45. The summed E-state index contributed by atoms with van der Waals surface area (Å²) in [6, 6.07) is 16.6. The summed E-state index contributed by atoms with van der Waals surface area (Å²) in [5.74, 6) is -3.62. The SMILES string of the molecule is COC(=O)C1C(C)=NC2=C(C(=O)[C@@H](C(=O)OC)[C@@H](c3ccc(OC)cc3)C2)[C@H]1c1ccccc1. The molecule has 1 unspecified atom stereocenters. The van der Waals surface area contributed by atoms with Crippen LogP contribution in [0.4, 0.5) is 0 Å². The van der Waals surface area contributed by atoms with Gasteiger partial charge in [-0.25, -0.2) is 0 Å². The molecule has 1 aliphatic heterocycles. The van der Waals surface area contributed by atoms with Crippen LogP contribution in [-0.2, 0) is 23.9 Å². The third-order valence-electron chi connectivity index (χ3n) is 6.69. The number of carbonyl (C=O) groups is 3. The number of ketones is 1. The Morgan fingerprint density at radius 3 is 2.06 bits per heavy atom. The van der Waals surface area contributed by atoms with Crippen molar-refractivity contribution in [3.8, 4) is 5.75 Å². The average Bonchev–Trinajstić information content (AvgIpc) is 2.87. The van der Waals surface area contributed by atoms with Crippen LogP contribution in [0.3, 0.4) is 0 Å². The average molecular weight is 462 g/mol. The maximum Gasteiger partial charge on any atom is 0.317 e. The van der Waals surface area contributed by atoms with Gasteiger partial charge in [0.05, 0.1) is 21.3 Å². The minimum absolute atomic E-state index is 0.363. The molecule has 1 heterocycles. The lowest BCUT2D eigenvalue weighted by atomic mass is 9.65. The van der Waals surface area contributed by atoms with Crippen molar-refractivity contribution in [2.75, 3.05) is 21.3 Å². The number of hydrogen-bond acceptors (Lipinski definition) is 7. The Bertz CT molecular complexity index is 1170. The topological polar surface area (TPSA) is 91.3 Å². The van der Waals surface area contributed by atoms with E-state index in [0.717, 1.165) is 11.1 Å². The molecule has 2 aliphatic rings. The van der Waals surface area contributed by atoms with Crippen molar-refractivity contribution in [2.24, 2.45) is 16.8 Å². The number of esters is 2. The van der Waals surface area contributed by atoms with Gasteiger partial charge >= 0.3 is 11.9 Å². The summed E-state index contributed by atoms with van der Waals surface area (Å²) in [5.41, 5.74) is 3.16. The largest absolute Gasteiger partial charge is 0.497 e. The van der Waals surface area contributed by atoms with E-state index < -0.39 is 35.6 Å². The van der Waals surface area contributed by atoms with Crippen LogP contribution in [0.5, 0.6) is 5.75 Å². The molecule has 0 saturated heterocycles. The molecule has 176 valence electrons. The van der Waals surface area contributed by atoms with Crippen LogP contribution in [-0.4, -0.2) is 44.8 Å². The van der Waals surface area contributed by atoms with Crippen LogP contribution in [0.25, 0.3) is 0 Å². The smallest absolute Gasteiger partial charge is 0.317 e. The first kappa shape index (κ1) is 23.4. The molecule has 4 rings (SSSR count). The number of hydrogen-bond donors (Lipinski definition) is 0. The molecule has 1 aliphatic carbocycles. The normalized spacial score (nSPS) is 24.1. The van der Waals surface area contributed by atoms with E-state index in [1.807, 2.05) is 42.5 Å². The molecule has 0 aromatic heterocycles. The number of carbonyl (C=O) groups excluding carboxylic acids is 3. The van der Waals surface area contributed by atoms with Crippen molar-refractivity contribution in [3.05, 3.63) is 77.0 Å². The van der Waals surface area contributed by atoms with Crippen LogP contribution in [0.1, 0.15) is 36.3 Å². The third kappa shape index (κ3) is 4.02. The van der Waals surface area contributed by atoms with Gasteiger partial charge in [-0.05, 0) is 36.6 Å². The monoisotopic (exact) mass is 461 g/mol. The highest BCUT2D eigenvalue weighted by Gasteiger charge is 2.50. The summed E-state index contributed by atoms with van der Waals surface area (Å²) >= 11 is 0. The van der Waals surface area contributed by atoms with E-state index >= 15 is 0 Å². The first-order chi connectivity index (χ1) is 16.4. The molecule has 0 amide bonds. The number of ether oxygens (including phenoxy) is 3. The van der Waals surface area contributed by atoms with Crippen molar-refractivity contribution < 1.29 is 28.6 Å². The predicted octanol–water partition coefficient (Wildman–Crippen LogP) is 3.84. The van der Waals surface area contributed by atoms with Crippen molar-refractivity contribution in [2.45, 2.75) is 25.2 Å². The lowest BCUT2D eigenvalue weighted by Crippen LogP contribution is -2.43. The number of nitrogens with zero attached hydrogens (tertiary/aromatic N) is 1. The Balaban J connectivity index is 1.88. The summed E-state index contributed by atoms with van der Waals surface area (Å²) in [6.07, 6.45) is 0.363. The number of methoxy groups -OCH3 is 3. The first-order valence-corrected chi connectivity index (χ1v) is 11.1. The van der Waals surface area contributed by atoms with E-state index in [1.54, 1.807) is 26.2 Å². The molecule has 2 aromatic rings. The molecule has 0 spiro atoms. The number of rotatable bonds is 5. The molecule has 34 heavy (non-hydrogen) atoms. The van der Waals surface area contributed by atoms with Gasteiger partial charge in [-0.1, -0.05) is 42.5 Å². The van der Waals surface area contributed by atoms with E-state index in [0.29, 0.717) is 29.2 Å². The van der Waals surface area contributed by atoms with Gasteiger partial charge in [0.2, 0.25) is 0 Å². The summed E-state index contributed by atoms with van der Waals surface area (Å²) < 4.78 is 15.4. The molecule has 2 aromatic carbocycles. The zero-order valence-corrected chi connectivity index (χ0v) is 19.6.